The zero-order valence-corrected chi connectivity index (χ0v) is 17.7. The average Bonchev–Trinajstić information content (AvgIpc) is 2.77. The number of nitrogens with zero attached hydrogens (tertiary/aromatic N) is 1. The van der Waals surface area contributed by atoms with Crippen LogP contribution in [0.2, 0.25) is 0 Å². The monoisotopic (exact) mass is 440 g/mol. The third kappa shape index (κ3) is 6.13. The lowest BCUT2D eigenvalue weighted by molar-refractivity contribution is -0.136. The van der Waals surface area contributed by atoms with Crippen molar-refractivity contribution in [2.75, 3.05) is 30.3 Å². The van der Waals surface area contributed by atoms with Crippen LogP contribution in [0.5, 0.6) is 0 Å². The van der Waals surface area contributed by atoms with Crippen molar-refractivity contribution in [3.63, 3.8) is 0 Å². The molecular formula is C23H25FN4O4. The molecule has 168 valence electrons. The third-order valence-electron chi connectivity index (χ3n) is 5.20. The molecule has 8 nitrogen and oxygen atoms in total. The number of likely N-dealkylation sites (tertiary alicyclic amines) is 1. The molecule has 0 spiro atoms. The molecule has 3 N–H and O–H groups in total. The molecule has 0 bridgehead atoms. The summed E-state index contributed by atoms with van der Waals surface area (Å²) in [6.45, 7) is 2.59. The maximum absolute atomic E-state index is 13.8. The molecule has 0 aromatic heterocycles. The van der Waals surface area contributed by atoms with Crippen LogP contribution in [0, 0.1) is 11.7 Å². The molecule has 32 heavy (non-hydrogen) atoms. The highest BCUT2D eigenvalue weighted by Gasteiger charge is 2.26. The number of halogens is 1. The van der Waals surface area contributed by atoms with Gasteiger partial charge in [0.2, 0.25) is 5.91 Å². The van der Waals surface area contributed by atoms with E-state index in [9.17, 15) is 23.6 Å². The maximum atomic E-state index is 13.8. The van der Waals surface area contributed by atoms with Crippen LogP contribution in [-0.2, 0) is 14.4 Å². The number of rotatable bonds is 5. The summed E-state index contributed by atoms with van der Waals surface area (Å²) in [6.07, 6.45) is 1.28. The maximum Gasteiger partial charge on any atom is 0.313 e. The van der Waals surface area contributed by atoms with Crippen LogP contribution in [-0.4, -0.2) is 48.2 Å². The number of carbonyl (C=O) groups excluding carboxylic acids is 4. The third-order valence-corrected chi connectivity index (χ3v) is 5.20. The summed E-state index contributed by atoms with van der Waals surface area (Å²) >= 11 is 0. The van der Waals surface area contributed by atoms with E-state index in [1.165, 1.54) is 25.1 Å². The highest BCUT2D eigenvalue weighted by molar-refractivity contribution is 6.39. The Morgan fingerprint density at radius 3 is 2.25 bits per heavy atom. The lowest BCUT2D eigenvalue weighted by Crippen LogP contribution is -2.43. The molecule has 0 radical (unpaired) electrons. The van der Waals surface area contributed by atoms with Gasteiger partial charge in [0.15, 0.2) is 0 Å². The molecule has 4 amide bonds. The van der Waals surface area contributed by atoms with Crippen molar-refractivity contribution in [1.29, 1.82) is 0 Å². The summed E-state index contributed by atoms with van der Waals surface area (Å²) in [5, 5.41) is 7.72. The van der Waals surface area contributed by atoms with Gasteiger partial charge in [0, 0.05) is 37.9 Å². The molecular weight excluding hydrogens is 415 g/mol. The first-order valence-electron chi connectivity index (χ1n) is 10.3. The van der Waals surface area contributed by atoms with Crippen molar-refractivity contribution in [3.8, 4) is 0 Å². The van der Waals surface area contributed by atoms with Crippen LogP contribution in [0.25, 0.3) is 0 Å². The number of nitrogens with one attached hydrogen (secondary N) is 3. The normalized spacial score (nSPS) is 13.9. The van der Waals surface area contributed by atoms with E-state index in [4.69, 9.17) is 0 Å². The molecule has 1 fully saturated rings. The number of hydrogen-bond acceptors (Lipinski definition) is 4. The van der Waals surface area contributed by atoms with Gasteiger partial charge in [0.25, 0.3) is 5.91 Å². The number of anilines is 2. The van der Waals surface area contributed by atoms with Gasteiger partial charge in [0.05, 0.1) is 5.56 Å². The van der Waals surface area contributed by atoms with Crippen molar-refractivity contribution < 1.29 is 23.6 Å². The number of piperidine rings is 1. The standard InChI is InChI=1S/C23H25FN4O4/c1-15(29)26-17-5-4-6-18(13-17)27-22(31)21(30)25-14-16-9-11-28(12-10-16)23(32)19-7-2-3-8-20(19)24/h2-8,13,16H,9-12,14H2,1H3,(H,25,30)(H,26,29)(H,27,31). The van der Waals surface area contributed by atoms with Gasteiger partial charge in [-0.15, -0.1) is 0 Å². The van der Waals surface area contributed by atoms with E-state index in [0.717, 1.165) is 0 Å². The molecule has 3 rings (SSSR count). The zero-order valence-electron chi connectivity index (χ0n) is 17.7. The topological polar surface area (TPSA) is 108 Å². The Kier molecular flexibility index (Phi) is 7.54. The summed E-state index contributed by atoms with van der Waals surface area (Å²) in [4.78, 5) is 49.5. The first kappa shape index (κ1) is 22.9. The van der Waals surface area contributed by atoms with Gasteiger partial charge in [-0.3, -0.25) is 19.2 Å². The molecule has 1 heterocycles. The largest absolute Gasteiger partial charge is 0.348 e. The molecule has 0 saturated carbocycles. The quantitative estimate of drug-likeness (QED) is 0.621. The van der Waals surface area contributed by atoms with Crippen molar-refractivity contribution in [3.05, 3.63) is 59.9 Å². The van der Waals surface area contributed by atoms with Crippen LogP contribution >= 0.6 is 0 Å². The first-order chi connectivity index (χ1) is 15.3. The van der Waals surface area contributed by atoms with Gasteiger partial charge in [-0.25, -0.2) is 4.39 Å². The van der Waals surface area contributed by atoms with Crippen LogP contribution in [0.4, 0.5) is 15.8 Å². The number of amides is 4. The highest BCUT2D eigenvalue weighted by atomic mass is 19.1. The Bertz CT molecular complexity index is 1020. The Balaban J connectivity index is 1.44. The van der Waals surface area contributed by atoms with Gasteiger partial charge in [-0.1, -0.05) is 18.2 Å². The SMILES string of the molecule is CC(=O)Nc1cccc(NC(=O)C(=O)NCC2CCN(C(=O)c3ccccc3F)CC2)c1. The minimum Gasteiger partial charge on any atom is -0.348 e. The van der Waals surface area contributed by atoms with Crippen LogP contribution in [0.1, 0.15) is 30.1 Å². The minimum atomic E-state index is -0.808. The molecule has 1 aliphatic heterocycles. The summed E-state index contributed by atoms with van der Waals surface area (Å²) < 4.78 is 13.8. The molecule has 9 heteroatoms. The molecule has 1 saturated heterocycles. The van der Waals surface area contributed by atoms with Crippen molar-refractivity contribution in [2.45, 2.75) is 19.8 Å². The van der Waals surface area contributed by atoms with Crippen LogP contribution in [0.3, 0.4) is 0 Å². The van der Waals surface area contributed by atoms with Gasteiger partial charge in [-0.05, 0) is 49.1 Å². The Morgan fingerprint density at radius 2 is 1.59 bits per heavy atom. The molecule has 0 unspecified atom stereocenters. The smallest absolute Gasteiger partial charge is 0.313 e. The fraction of sp³-hybridized carbons (Fsp3) is 0.304. The molecule has 0 atom stereocenters. The minimum absolute atomic E-state index is 0.0542. The average molecular weight is 440 g/mol. The van der Waals surface area contributed by atoms with Crippen molar-refractivity contribution in [1.82, 2.24) is 10.2 Å². The van der Waals surface area contributed by atoms with E-state index in [1.54, 1.807) is 35.2 Å². The Hall–Kier alpha value is -3.75. The fourth-order valence-corrected chi connectivity index (χ4v) is 3.53. The summed E-state index contributed by atoms with van der Waals surface area (Å²) in [7, 11) is 0. The lowest BCUT2D eigenvalue weighted by Gasteiger charge is -2.32. The van der Waals surface area contributed by atoms with Crippen molar-refractivity contribution >= 4 is 35.0 Å². The molecule has 1 aliphatic rings. The number of benzene rings is 2. The summed E-state index contributed by atoms with van der Waals surface area (Å²) in [5.41, 5.74) is 0.947. The summed E-state index contributed by atoms with van der Waals surface area (Å²) in [6, 6.07) is 12.4. The van der Waals surface area contributed by atoms with Crippen molar-refractivity contribution in [2.24, 2.45) is 5.92 Å². The van der Waals surface area contributed by atoms with Gasteiger partial charge >= 0.3 is 11.8 Å². The Morgan fingerprint density at radius 1 is 0.938 bits per heavy atom. The van der Waals surface area contributed by atoms with Gasteiger partial charge in [0.1, 0.15) is 5.82 Å². The zero-order chi connectivity index (χ0) is 23.1. The van der Waals surface area contributed by atoms with Gasteiger partial charge < -0.3 is 20.9 Å². The molecule has 2 aromatic rings. The van der Waals surface area contributed by atoms with E-state index < -0.39 is 17.6 Å². The number of carbonyl (C=O) groups is 4. The van der Waals surface area contributed by atoms with E-state index in [0.29, 0.717) is 43.9 Å². The summed E-state index contributed by atoms with van der Waals surface area (Å²) in [5.74, 6) is -2.59. The number of hydrogen-bond donors (Lipinski definition) is 3. The second kappa shape index (κ2) is 10.5. The predicted octanol–water partition coefficient (Wildman–Crippen LogP) is 2.39. The van der Waals surface area contributed by atoms with E-state index in [-0.39, 0.29) is 23.3 Å². The second-order valence-corrected chi connectivity index (χ2v) is 7.64. The van der Waals surface area contributed by atoms with Crippen LogP contribution < -0.4 is 16.0 Å². The fourth-order valence-electron chi connectivity index (χ4n) is 3.53. The second-order valence-electron chi connectivity index (χ2n) is 7.64. The predicted molar refractivity (Wildman–Crippen MR) is 117 cm³/mol. The van der Waals surface area contributed by atoms with E-state index in [2.05, 4.69) is 16.0 Å². The lowest BCUT2D eigenvalue weighted by atomic mass is 9.96. The van der Waals surface area contributed by atoms with E-state index in [1.807, 2.05) is 0 Å². The highest BCUT2D eigenvalue weighted by Crippen LogP contribution is 2.20. The van der Waals surface area contributed by atoms with Gasteiger partial charge in [-0.2, -0.15) is 0 Å². The van der Waals surface area contributed by atoms with E-state index >= 15 is 0 Å². The Labute approximate surface area is 185 Å². The molecule has 0 aliphatic carbocycles. The molecule has 2 aromatic carbocycles. The first-order valence-corrected chi connectivity index (χ1v) is 10.3. The van der Waals surface area contributed by atoms with Crippen LogP contribution in [0.15, 0.2) is 48.5 Å².